The molecule has 19 heavy (non-hydrogen) atoms. The van der Waals surface area contributed by atoms with Crippen LogP contribution in [-0.4, -0.2) is 18.6 Å². The molecule has 2 rings (SSSR count). The number of methoxy groups -OCH3 is 1. The fourth-order valence-electron chi connectivity index (χ4n) is 2.73. The maximum atomic E-state index is 11.6. The lowest BCUT2D eigenvalue weighted by Crippen LogP contribution is -2.45. The molecule has 3 nitrogen and oxygen atoms in total. The van der Waals surface area contributed by atoms with Gasteiger partial charge in [0, 0.05) is 12.0 Å². The molecule has 0 saturated carbocycles. The Balaban J connectivity index is 2.03. The summed E-state index contributed by atoms with van der Waals surface area (Å²) in [4.78, 5) is 11.6. The van der Waals surface area contributed by atoms with Crippen LogP contribution in [0.5, 0.6) is 5.75 Å². The van der Waals surface area contributed by atoms with Gasteiger partial charge in [0.15, 0.2) is 0 Å². The van der Waals surface area contributed by atoms with Crippen molar-refractivity contribution >= 4 is 5.91 Å². The molecule has 1 aromatic carbocycles. The highest BCUT2D eigenvalue weighted by atomic mass is 16.5. The van der Waals surface area contributed by atoms with E-state index in [1.165, 1.54) is 5.56 Å². The maximum Gasteiger partial charge on any atom is 0.221 e. The Morgan fingerprint density at radius 1 is 1.21 bits per heavy atom. The number of rotatable bonds is 4. The molecule has 1 aliphatic heterocycles. The summed E-state index contributed by atoms with van der Waals surface area (Å²) in [7, 11) is 1.67. The van der Waals surface area contributed by atoms with Crippen LogP contribution in [0.25, 0.3) is 0 Å². The molecule has 1 saturated heterocycles. The van der Waals surface area contributed by atoms with Gasteiger partial charge in [0.2, 0.25) is 5.91 Å². The number of hydrogen-bond acceptors (Lipinski definition) is 2. The molecule has 0 spiro atoms. The molecule has 1 aromatic rings. The van der Waals surface area contributed by atoms with Crippen molar-refractivity contribution in [1.82, 2.24) is 5.32 Å². The van der Waals surface area contributed by atoms with Crippen LogP contribution in [0, 0.1) is 5.41 Å². The van der Waals surface area contributed by atoms with Gasteiger partial charge in [-0.15, -0.1) is 0 Å². The Hall–Kier alpha value is -1.51. The second-order valence-corrected chi connectivity index (χ2v) is 6.26. The van der Waals surface area contributed by atoms with Gasteiger partial charge in [-0.2, -0.15) is 0 Å². The Labute approximate surface area is 115 Å². The standard InChI is InChI=1S/C16H23NO2/c1-15(2)16(3,11-14(18)17-15)10-9-12-5-7-13(19-4)8-6-12/h5-8H,9-11H2,1-4H3,(H,17,18). The molecule has 1 heterocycles. The van der Waals surface area contributed by atoms with Crippen molar-refractivity contribution in [2.75, 3.05) is 7.11 Å². The van der Waals surface area contributed by atoms with Gasteiger partial charge in [-0.3, -0.25) is 4.79 Å². The van der Waals surface area contributed by atoms with Gasteiger partial charge in [0.1, 0.15) is 5.75 Å². The minimum absolute atomic E-state index is 0.0179. The first-order chi connectivity index (χ1) is 8.86. The van der Waals surface area contributed by atoms with Gasteiger partial charge in [0.05, 0.1) is 7.11 Å². The fourth-order valence-corrected chi connectivity index (χ4v) is 2.73. The van der Waals surface area contributed by atoms with Crippen LogP contribution in [0.2, 0.25) is 0 Å². The Morgan fingerprint density at radius 2 is 1.84 bits per heavy atom. The molecule has 0 aliphatic carbocycles. The minimum Gasteiger partial charge on any atom is -0.497 e. The predicted octanol–water partition coefficient (Wildman–Crippen LogP) is 2.93. The highest BCUT2D eigenvalue weighted by molar-refractivity contribution is 5.80. The molecule has 1 unspecified atom stereocenters. The zero-order valence-electron chi connectivity index (χ0n) is 12.2. The monoisotopic (exact) mass is 261 g/mol. The zero-order valence-corrected chi connectivity index (χ0v) is 12.2. The van der Waals surface area contributed by atoms with E-state index in [0.29, 0.717) is 6.42 Å². The van der Waals surface area contributed by atoms with Crippen LogP contribution in [0.1, 0.15) is 39.2 Å². The number of carbonyl (C=O) groups is 1. The van der Waals surface area contributed by atoms with Gasteiger partial charge < -0.3 is 10.1 Å². The van der Waals surface area contributed by atoms with Gasteiger partial charge in [-0.1, -0.05) is 19.1 Å². The number of ether oxygens (including phenoxy) is 1. The lowest BCUT2D eigenvalue weighted by molar-refractivity contribution is -0.119. The third-order valence-corrected chi connectivity index (χ3v) is 4.64. The number of nitrogens with one attached hydrogen (secondary N) is 1. The van der Waals surface area contributed by atoms with E-state index in [1.54, 1.807) is 7.11 Å². The first kappa shape index (κ1) is 13.9. The van der Waals surface area contributed by atoms with Crippen molar-refractivity contribution in [2.45, 2.75) is 45.6 Å². The van der Waals surface area contributed by atoms with E-state index >= 15 is 0 Å². The normalized spacial score (nSPS) is 25.2. The number of aryl methyl sites for hydroxylation is 1. The first-order valence-corrected chi connectivity index (χ1v) is 6.80. The molecule has 0 bridgehead atoms. The highest BCUT2D eigenvalue weighted by Crippen LogP contribution is 2.43. The van der Waals surface area contributed by atoms with Crippen molar-refractivity contribution < 1.29 is 9.53 Å². The molecule has 0 aromatic heterocycles. The molecule has 1 N–H and O–H groups in total. The second kappa shape index (κ2) is 4.87. The van der Waals surface area contributed by atoms with E-state index in [-0.39, 0.29) is 16.9 Å². The van der Waals surface area contributed by atoms with E-state index in [2.05, 4.69) is 38.2 Å². The van der Waals surface area contributed by atoms with Crippen LogP contribution in [0.3, 0.4) is 0 Å². The minimum atomic E-state index is -0.128. The van der Waals surface area contributed by atoms with Crippen LogP contribution in [-0.2, 0) is 11.2 Å². The maximum absolute atomic E-state index is 11.6. The van der Waals surface area contributed by atoms with Crippen molar-refractivity contribution in [1.29, 1.82) is 0 Å². The van der Waals surface area contributed by atoms with E-state index in [1.807, 2.05) is 12.1 Å². The molecular weight excluding hydrogens is 238 g/mol. The molecule has 1 amide bonds. The van der Waals surface area contributed by atoms with E-state index in [4.69, 9.17) is 4.74 Å². The second-order valence-electron chi connectivity index (χ2n) is 6.26. The number of hydrogen-bond donors (Lipinski definition) is 1. The lowest BCUT2D eigenvalue weighted by atomic mass is 9.70. The van der Waals surface area contributed by atoms with Crippen molar-refractivity contribution in [3.63, 3.8) is 0 Å². The van der Waals surface area contributed by atoms with Crippen LogP contribution < -0.4 is 10.1 Å². The largest absolute Gasteiger partial charge is 0.497 e. The summed E-state index contributed by atoms with van der Waals surface area (Å²) in [5.74, 6) is 1.05. The third kappa shape index (κ3) is 2.75. The summed E-state index contributed by atoms with van der Waals surface area (Å²) in [6, 6.07) is 8.17. The summed E-state index contributed by atoms with van der Waals surface area (Å²) >= 11 is 0. The summed E-state index contributed by atoms with van der Waals surface area (Å²) in [6.45, 7) is 6.44. The molecular formula is C16H23NO2. The average molecular weight is 261 g/mol. The summed E-state index contributed by atoms with van der Waals surface area (Å²) < 4.78 is 5.16. The predicted molar refractivity (Wildman–Crippen MR) is 76.3 cm³/mol. The Morgan fingerprint density at radius 3 is 2.32 bits per heavy atom. The van der Waals surface area contributed by atoms with Gasteiger partial charge in [-0.25, -0.2) is 0 Å². The zero-order chi connectivity index (χ0) is 14.1. The quantitative estimate of drug-likeness (QED) is 0.905. The van der Waals surface area contributed by atoms with E-state index in [0.717, 1.165) is 18.6 Å². The number of benzene rings is 1. The highest BCUT2D eigenvalue weighted by Gasteiger charge is 2.48. The molecule has 1 fully saturated rings. The van der Waals surface area contributed by atoms with E-state index < -0.39 is 0 Å². The summed E-state index contributed by atoms with van der Waals surface area (Å²) in [5, 5.41) is 3.08. The molecule has 1 atom stereocenters. The summed E-state index contributed by atoms with van der Waals surface area (Å²) in [6.07, 6.45) is 2.61. The topological polar surface area (TPSA) is 38.3 Å². The molecule has 104 valence electrons. The van der Waals surface area contributed by atoms with Gasteiger partial charge in [-0.05, 0) is 49.8 Å². The fraction of sp³-hybridized carbons (Fsp3) is 0.562. The van der Waals surface area contributed by atoms with Gasteiger partial charge in [0.25, 0.3) is 0 Å². The average Bonchev–Trinajstić information content (AvgIpc) is 2.56. The molecule has 0 radical (unpaired) electrons. The third-order valence-electron chi connectivity index (χ3n) is 4.64. The summed E-state index contributed by atoms with van der Waals surface area (Å²) in [5.41, 5.74) is 1.18. The lowest BCUT2D eigenvalue weighted by Gasteiger charge is -2.37. The van der Waals surface area contributed by atoms with Crippen LogP contribution in [0.15, 0.2) is 24.3 Å². The van der Waals surface area contributed by atoms with Crippen molar-refractivity contribution in [3.05, 3.63) is 29.8 Å². The van der Waals surface area contributed by atoms with Crippen LogP contribution in [0.4, 0.5) is 0 Å². The number of amides is 1. The number of carbonyl (C=O) groups excluding carboxylic acids is 1. The van der Waals surface area contributed by atoms with E-state index in [9.17, 15) is 4.79 Å². The first-order valence-electron chi connectivity index (χ1n) is 6.80. The smallest absolute Gasteiger partial charge is 0.221 e. The molecule has 1 aliphatic rings. The SMILES string of the molecule is COc1ccc(CCC2(C)CC(=O)NC2(C)C)cc1. The van der Waals surface area contributed by atoms with Crippen LogP contribution >= 0.6 is 0 Å². The van der Waals surface area contributed by atoms with Crippen molar-refractivity contribution in [3.8, 4) is 5.75 Å². The Kier molecular flexibility index (Phi) is 3.57. The Bertz CT molecular complexity index is 464. The van der Waals surface area contributed by atoms with Gasteiger partial charge >= 0.3 is 0 Å². The van der Waals surface area contributed by atoms with Crippen molar-refractivity contribution in [2.24, 2.45) is 5.41 Å². The molecule has 3 heteroatoms.